The Labute approximate surface area is 167 Å². The van der Waals surface area contributed by atoms with Crippen molar-refractivity contribution in [3.63, 3.8) is 0 Å². The molecule has 0 aromatic heterocycles. The fourth-order valence-electron chi connectivity index (χ4n) is 2.70. The Morgan fingerprint density at radius 3 is 2.24 bits per heavy atom. The average molecular weight is 408 g/mol. The average Bonchev–Trinajstić information content (AvgIpc) is 2.70. The van der Waals surface area contributed by atoms with Gasteiger partial charge in [-0.2, -0.15) is 13.2 Å². The number of amides is 2. The van der Waals surface area contributed by atoms with E-state index in [1.54, 1.807) is 19.1 Å². The van der Waals surface area contributed by atoms with E-state index in [0.717, 1.165) is 24.1 Å². The minimum absolute atomic E-state index is 0.00513. The normalized spacial score (nSPS) is 12.2. The summed E-state index contributed by atoms with van der Waals surface area (Å²) in [5.74, 6) is -0.694. The molecule has 0 aliphatic heterocycles. The van der Waals surface area contributed by atoms with Crippen LogP contribution in [0.15, 0.2) is 48.5 Å². The molecule has 1 unspecified atom stereocenters. The summed E-state index contributed by atoms with van der Waals surface area (Å²) in [6, 6.07) is 12.0. The Hall–Kier alpha value is -3.03. The number of nitrogens with one attached hydrogen (secondary N) is 2. The summed E-state index contributed by atoms with van der Waals surface area (Å²) < 4.78 is 43.3. The monoisotopic (exact) mass is 408 g/mol. The number of benzene rings is 2. The number of hydrogen-bond acceptors (Lipinski definition) is 3. The molecule has 0 fully saturated rings. The molecule has 2 N–H and O–H groups in total. The molecule has 0 saturated heterocycles. The summed E-state index contributed by atoms with van der Waals surface area (Å²) >= 11 is 0. The van der Waals surface area contributed by atoms with Gasteiger partial charge in [0, 0.05) is 6.42 Å². The van der Waals surface area contributed by atoms with Crippen molar-refractivity contribution in [2.45, 2.75) is 38.8 Å². The van der Waals surface area contributed by atoms with Gasteiger partial charge in [0.05, 0.1) is 5.56 Å². The number of halogens is 3. The second-order valence-electron chi connectivity index (χ2n) is 6.57. The van der Waals surface area contributed by atoms with Gasteiger partial charge in [0.15, 0.2) is 6.61 Å². The van der Waals surface area contributed by atoms with Crippen LogP contribution < -0.4 is 15.6 Å². The summed E-state index contributed by atoms with van der Waals surface area (Å²) in [4.78, 5) is 23.8. The van der Waals surface area contributed by atoms with Crippen molar-refractivity contribution in [2.75, 3.05) is 6.61 Å². The molecule has 1 atom stereocenters. The first-order valence-electron chi connectivity index (χ1n) is 9.16. The van der Waals surface area contributed by atoms with Crippen LogP contribution in [-0.2, 0) is 22.2 Å². The van der Waals surface area contributed by atoms with E-state index in [4.69, 9.17) is 4.74 Å². The lowest BCUT2D eigenvalue weighted by molar-refractivity contribution is -0.137. The molecule has 5 nitrogen and oxygen atoms in total. The highest BCUT2D eigenvalue weighted by molar-refractivity contribution is 5.83. The molecular weight excluding hydrogens is 385 g/mol. The Morgan fingerprint density at radius 2 is 1.62 bits per heavy atom. The summed E-state index contributed by atoms with van der Waals surface area (Å²) in [5, 5.41) is 0. The third kappa shape index (κ3) is 6.81. The molecule has 2 aromatic carbocycles. The number of hydrogen-bond donors (Lipinski definition) is 2. The number of alkyl halides is 3. The van der Waals surface area contributed by atoms with Crippen molar-refractivity contribution in [1.82, 2.24) is 10.9 Å². The van der Waals surface area contributed by atoms with Crippen LogP contribution in [0.2, 0.25) is 0 Å². The molecule has 2 rings (SSSR count). The number of ether oxygens (including phenoxy) is 1. The van der Waals surface area contributed by atoms with Crippen LogP contribution in [0, 0.1) is 0 Å². The van der Waals surface area contributed by atoms with Gasteiger partial charge in [-0.3, -0.25) is 20.4 Å². The topological polar surface area (TPSA) is 67.4 Å². The Balaban J connectivity index is 1.77. The van der Waals surface area contributed by atoms with Crippen molar-refractivity contribution >= 4 is 11.8 Å². The zero-order valence-electron chi connectivity index (χ0n) is 16.2. The van der Waals surface area contributed by atoms with Crippen LogP contribution in [0.4, 0.5) is 13.2 Å². The van der Waals surface area contributed by atoms with E-state index in [1.807, 2.05) is 19.1 Å². The van der Waals surface area contributed by atoms with Gasteiger partial charge in [-0.25, -0.2) is 0 Å². The van der Waals surface area contributed by atoms with Gasteiger partial charge in [-0.15, -0.1) is 0 Å². The van der Waals surface area contributed by atoms with E-state index in [0.29, 0.717) is 11.3 Å². The lowest BCUT2D eigenvalue weighted by Gasteiger charge is -2.14. The molecule has 0 aliphatic rings. The fourth-order valence-corrected chi connectivity index (χ4v) is 2.70. The lowest BCUT2D eigenvalue weighted by Crippen LogP contribution is -2.44. The van der Waals surface area contributed by atoms with Crippen LogP contribution in [-0.4, -0.2) is 18.4 Å². The van der Waals surface area contributed by atoms with E-state index in [-0.39, 0.29) is 18.9 Å². The smallest absolute Gasteiger partial charge is 0.416 e. The maximum Gasteiger partial charge on any atom is 0.416 e. The molecule has 0 radical (unpaired) electrons. The SMILES string of the molecule is CCc1ccccc1OCC(=O)NNC(=O)CC(C)c1ccc(C(F)(F)F)cc1. The zero-order valence-corrected chi connectivity index (χ0v) is 16.2. The van der Waals surface area contributed by atoms with Crippen LogP contribution >= 0.6 is 0 Å². The van der Waals surface area contributed by atoms with Gasteiger partial charge in [0.1, 0.15) is 5.75 Å². The summed E-state index contributed by atoms with van der Waals surface area (Å²) in [7, 11) is 0. The molecule has 0 spiro atoms. The largest absolute Gasteiger partial charge is 0.483 e. The third-order valence-corrected chi connectivity index (χ3v) is 4.35. The summed E-state index contributed by atoms with van der Waals surface area (Å²) in [6.07, 6.45) is -3.63. The van der Waals surface area contributed by atoms with Crippen LogP contribution in [0.3, 0.4) is 0 Å². The second-order valence-corrected chi connectivity index (χ2v) is 6.57. The highest BCUT2D eigenvalue weighted by atomic mass is 19.4. The van der Waals surface area contributed by atoms with E-state index in [2.05, 4.69) is 10.9 Å². The number of hydrazine groups is 1. The van der Waals surface area contributed by atoms with Crippen molar-refractivity contribution < 1.29 is 27.5 Å². The third-order valence-electron chi connectivity index (χ3n) is 4.35. The van der Waals surface area contributed by atoms with Crippen molar-refractivity contribution in [2.24, 2.45) is 0 Å². The standard InChI is InChI=1S/C21H23F3N2O3/c1-3-15-6-4-5-7-18(15)29-13-20(28)26-25-19(27)12-14(2)16-8-10-17(11-9-16)21(22,23)24/h4-11,14H,3,12-13H2,1-2H3,(H,25,27)(H,26,28). The zero-order chi connectivity index (χ0) is 21.4. The molecule has 29 heavy (non-hydrogen) atoms. The van der Waals surface area contributed by atoms with Crippen LogP contribution in [0.25, 0.3) is 0 Å². The predicted octanol–water partition coefficient (Wildman–Crippen LogP) is 3.99. The molecule has 2 aromatic rings. The van der Waals surface area contributed by atoms with Gasteiger partial charge >= 0.3 is 6.18 Å². The van der Waals surface area contributed by atoms with Crippen molar-refractivity contribution in [3.05, 3.63) is 65.2 Å². The number of carbonyl (C=O) groups excluding carboxylic acids is 2. The minimum Gasteiger partial charge on any atom is -0.483 e. The highest BCUT2D eigenvalue weighted by Crippen LogP contribution is 2.30. The highest BCUT2D eigenvalue weighted by Gasteiger charge is 2.30. The maximum absolute atomic E-state index is 12.6. The quantitative estimate of drug-likeness (QED) is 0.681. The summed E-state index contributed by atoms with van der Waals surface area (Å²) in [6.45, 7) is 3.43. The Bertz CT molecular complexity index is 836. The van der Waals surface area contributed by atoms with Crippen molar-refractivity contribution in [3.8, 4) is 5.75 Å². The predicted molar refractivity (Wildman–Crippen MR) is 102 cm³/mol. The molecule has 0 bridgehead atoms. The Kier molecular flexibility index (Phi) is 7.64. The lowest BCUT2D eigenvalue weighted by atomic mass is 9.96. The molecule has 0 saturated carbocycles. The van der Waals surface area contributed by atoms with Gasteiger partial charge in [0.2, 0.25) is 5.91 Å². The number of rotatable bonds is 7. The molecule has 2 amide bonds. The minimum atomic E-state index is -4.40. The molecule has 156 valence electrons. The van der Waals surface area contributed by atoms with E-state index in [1.165, 1.54) is 12.1 Å². The summed E-state index contributed by atoms with van der Waals surface area (Å²) in [5.41, 5.74) is 5.37. The molecule has 8 heteroatoms. The number of aryl methyl sites for hydroxylation is 1. The maximum atomic E-state index is 12.6. The first-order valence-corrected chi connectivity index (χ1v) is 9.16. The van der Waals surface area contributed by atoms with Crippen LogP contribution in [0.1, 0.15) is 42.9 Å². The second kappa shape index (κ2) is 9.95. The number of para-hydroxylation sites is 1. The van der Waals surface area contributed by atoms with Gasteiger partial charge < -0.3 is 4.74 Å². The fraction of sp³-hybridized carbons (Fsp3) is 0.333. The van der Waals surface area contributed by atoms with E-state index < -0.39 is 23.6 Å². The van der Waals surface area contributed by atoms with Gasteiger partial charge in [0.25, 0.3) is 5.91 Å². The van der Waals surface area contributed by atoms with Crippen molar-refractivity contribution in [1.29, 1.82) is 0 Å². The van der Waals surface area contributed by atoms with Gasteiger partial charge in [-0.05, 0) is 41.7 Å². The first kappa shape index (κ1) is 22.3. The molecular formula is C21H23F3N2O3. The Morgan fingerprint density at radius 1 is 1.00 bits per heavy atom. The first-order chi connectivity index (χ1) is 13.7. The molecule has 0 aliphatic carbocycles. The van der Waals surface area contributed by atoms with Crippen LogP contribution in [0.5, 0.6) is 5.75 Å². The van der Waals surface area contributed by atoms with Gasteiger partial charge in [-0.1, -0.05) is 44.2 Å². The van der Waals surface area contributed by atoms with E-state index >= 15 is 0 Å². The number of carbonyl (C=O) groups is 2. The van der Waals surface area contributed by atoms with E-state index in [9.17, 15) is 22.8 Å². The molecule has 0 heterocycles.